The number of nitrogens with zero attached hydrogens (tertiary/aromatic N) is 2. The molecule has 2 atom stereocenters. The lowest BCUT2D eigenvalue weighted by Gasteiger charge is -2.56. The summed E-state index contributed by atoms with van der Waals surface area (Å²) in [5.41, 5.74) is 0.786. The van der Waals surface area contributed by atoms with Gasteiger partial charge in [0, 0.05) is 30.8 Å². The van der Waals surface area contributed by atoms with Crippen LogP contribution in [0.5, 0.6) is 0 Å². The number of aliphatic imine (C=N–C) groups is 1. The van der Waals surface area contributed by atoms with Gasteiger partial charge < -0.3 is 5.32 Å². The highest BCUT2D eigenvalue weighted by atomic mass is 16.2. The number of carbonyl (C=O) groups is 1. The quantitative estimate of drug-likeness (QED) is 0.790. The molecule has 1 saturated heterocycles. The van der Waals surface area contributed by atoms with E-state index in [4.69, 9.17) is 4.99 Å². The van der Waals surface area contributed by atoms with Crippen molar-refractivity contribution >= 4 is 11.6 Å². The summed E-state index contributed by atoms with van der Waals surface area (Å²) >= 11 is 0. The monoisotopic (exact) mass is 343 g/mol. The van der Waals surface area contributed by atoms with E-state index in [1.54, 1.807) is 0 Å². The van der Waals surface area contributed by atoms with E-state index in [1.807, 2.05) is 0 Å². The summed E-state index contributed by atoms with van der Waals surface area (Å²) in [7, 11) is 0. The smallest absolute Gasteiger partial charge is 0.235 e. The Morgan fingerprint density at radius 2 is 1.68 bits per heavy atom. The lowest BCUT2D eigenvalue weighted by Crippen LogP contribution is -2.70. The molecule has 2 unspecified atom stereocenters. The summed E-state index contributed by atoms with van der Waals surface area (Å²) < 4.78 is 0. The van der Waals surface area contributed by atoms with Crippen molar-refractivity contribution in [3.63, 3.8) is 0 Å². The van der Waals surface area contributed by atoms with E-state index in [-0.39, 0.29) is 11.1 Å². The number of rotatable bonds is 1. The van der Waals surface area contributed by atoms with E-state index in [2.05, 4.69) is 10.2 Å². The molecule has 138 valence electrons. The van der Waals surface area contributed by atoms with Crippen molar-refractivity contribution < 1.29 is 4.79 Å². The van der Waals surface area contributed by atoms with Crippen LogP contribution >= 0.6 is 0 Å². The van der Waals surface area contributed by atoms with Gasteiger partial charge in [-0.15, -0.1) is 0 Å². The van der Waals surface area contributed by atoms with Crippen LogP contribution in [-0.4, -0.2) is 41.3 Å². The molecule has 4 heteroatoms. The zero-order chi connectivity index (χ0) is 16.9. The number of nitrogens with one attached hydrogen (secondary N) is 1. The second-order valence-corrected chi connectivity index (χ2v) is 9.44. The topological polar surface area (TPSA) is 44.7 Å². The third kappa shape index (κ3) is 2.58. The van der Waals surface area contributed by atoms with Gasteiger partial charge in [0.05, 0.1) is 5.41 Å². The van der Waals surface area contributed by atoms with E-state index in [1.165, 1.54) is 69.9 Å². The van der Waals surface area contributed by atoms with Crippen LogP contribution in [0.2, 0.25) is 0 Å². The van der Waals surface area contributed by atoms with Gasteiger partial charge in [-0.1, -0.05) is 32.1 Å². The Hall–Kier alpha value is -0.900. The molecule has 3 saturated carbocycles. The Morgan fingerprint density at radius 3 is 2.48 bits per heavy atom. The first-order valence-electron chi connectivity index (χ1n) is 10.9. The largest absolute Gasteiger partial charge is 0.331 e. The van der Waals surface area contributed by atoms with Gasteiger partial charge in [0.1, 0.15) is 5.66 Å². The Balaban J connectivity index is 1.48. The van der Waals surface area contributed by atoms with Crippen LogP contribution in [0.1, 0.15) is 83.5 Å². The Kier molecular flexibility index (Phi) is 3.96. The zero-order valence-corrected chi connectivity index (χ0v) is 15.6. The number of hydrogen-bond acceptors (Lipinski definition) is 3. The molecule has 0 aromatic heterocycles. The molecule has 2 bridgehead atoms. The second kappa shape index (κ2) is 6.07. The molecule has 4 fully saturated rings. The number of piperidine rings is 1. The SMILES string of the molecule is O=C1NC2(CCCCC2)N=C2C3CCCC12CN(C1CCCCC1)C3. The number of likely N-dealkylation sites (tertiary alicyclic amines) is 1. The van der Waals surface area contributed by atoms with Crippen molar-refractivity contribution in [3.05, 3.63) is 0 Å². The van der Waals surface area contributed by atoms with Crippen LogP contribution in [0.25, 0.3) is 0 Å². The van der Waals surface area contributed by atoms with Gasteiger partial charge in [-0.25, -0.2) is 0 Å². The first-order valence-corrected chi connectivity index (χ1v) is 10.9. The van der Waals surface area contributed by atoms with Gasteiger partial charge in [0.25, 0.3) is 0 Å². The third-order valence-electron chi connectivity index (χ3n) is 7.85. The van der Waals surface area contributed by atoms with Crippen molar-refractivity contribution in [1.29, 1.82) is 0 Å². The molecule has 2 aliphatic heterocycles. The average molecular weight is 344 g/mol. The predicted octanol–water partition coefficient (Wildman–Crippen LogP) is 3.65. The molecular weight excluding hydrogens is 310 g/mol. The molecule has 3 aliphatic carbocycles. The molecule has 0 aromatic carbocycles. The highest BCUT2D eigenvalue weighted by Gasteiger charge is 2.58. The Bertz CT molecular complexity index is 574. The van der Waals surface area contributed by atoms with Crippen molar-refractivity contribution in [3.8, 4) is 0 Å². The van der Waals surface area contributed by atoms with Crippen LogP contribution in [-0.2, 0) is 4.79 Å². The third-order valence-corrected chi connectivity index (χ3v) is 7.85. The Labute approximate surface area is 151 Å². The minimum absolute atomic E-state index is 0.239. The number of hydrogen-bond donors (Lipinski definition) is 1. The lowest BCUT2D eigenvalue weighted by molar-refractivity contribution is -0.135. The fourth-order valence-electron chi connectivity index (χ4n) is 6.53. The van der Waals surface area contributed by atoms with Gasteiger partial charge in [0.15, 0.2) is 0 Å². The van der Waals surface area contributed by atoms with Gasteiger partial charge in [-0.3, -0.25) is 14.7 Å². The number of carbonyl (C=O) groups excluding carboxylic acids is 1. The van der Waals surface area contributed by atoms with Crippen molar-refractivity contribution in [2.75, 3.05) is 13.1 Å². The summed E-state index contributed by atoms with van der Waals surface area (Å²) in [5, 5.41) is 3.45. The van der Waals surface area contributed by atoms with E-state index in [0.29, 0.717) is 17.9 Å². The highest BCUT2D eigenvalue weighted by molar-refractivity contribution is 6.13. The van der Waals surface area contributed by atoms with Crippen LogP contribution in [0.4, 0.5) is 0 Å². The zero-order valence-electron chi connectivity index (χ0n) is 15.6. The molecule has 0 radical (unpaired) electrons. The molecule has 5 rings (SSSR count). The van der Waals surface area contributed by atoms with Crippen molar-refractivity contribution in [2.24, 2.45) is 16.3 Å². The summed E-state index contributed by atoms with van der Waals surface area (Å²) in [4.78, 5) is 21.5. The summed E-state index contributed by atoms with van der Waals surface area (Å²) in [6.45, 7) is 2.10. The van der Waals surface area contributed by atoms with E-state index in [0.717, 1.165) is 32.4 Å². The van der Waals surface area contributed by atoms with Crippen LogP contribution in [0.15, 0.2) is 4.99 Å². The average Bonchev–Trinajstić information content (AvgIpc) is 2.62. The van der Waals surface area contributed by atoms with Crippen molar-refractivity contribution in [1.82, 2.24) is 10.2 Å². The van der Waals surface area contributed by atoms with Crippen LogP contribution < -0.4 is 5.32 Å². The first-order chi connectivity index (χ1) is 12.2. The standard InChI is InChI=1S/C21H33N3O/c25-19-20-11-7-8-16(14-24(15-20)17-9-3-1-4-10-17)18(20)22-21(23-19)12-5-2-6-13-21/h16-17H,1-15H2,(H,23,25). The van der Waals surface area contributed by atoms with E-state index in [9.17, 15) is 4.79 Å². The Morgan fingerprint density at radius 1 is 0.920 bits per heavy atom. The summed E-state index contributed by atoms with van der Waals surface area (Å²) in [6, 6.07) is 0.714. The van der Waals surface area contributed by atoms with Gasteiger partial charge in [-0.05, 0) is 51.4 Å². The normalized spacial score (nSPS) is 38.8. The van der Waals surface area contributed by atoms with Gasteiger partial charge in [0.2, 0.25) is 5.91 Å². The molecular formula is C21H33N3O. The molecule has 1 amide bonds. The maximum atomic E-state index is 13.4. The molecule has 1 N–H and O–H groups in total. The molecule has 2 heterocycles. The fourth-order valence-corrected chi connectivity index (χ4v) is 6.53. The van der Waals surface area contributed by atoms with Crippen molar-refractivity contribution in [2.45, 2.75) is 95.2 Å². The molecule has 5 aliphatic rings. The summed E-state index contributed by atoms with van der Waals surface area (Å²) in [6.07, 6.45) is 16.1. The molecule has 1 spiro atoms. The first kappa shape index (κ1) is 16.3. The molecule has 0 aromatic rings. The predicted molar refractivity (Wildman–Crippen MR) is 99.6 cm³/mol. The summed E-state index contributed by atoms with van der Waals surface area (Å²) in [5.74, 6) is 0.860. The van der Waals surface area contributed by atoms with Gasteiger partial charge >= 0.3 is 0 Å². The minimum Gasteiger partial charge on any atom is -0.331 e. The number of amides is 1. The minimum atomic E-state index is -0.290. The van der Waals surface area contributed by atoms with E-state index < -0.39 is 0 Å². The van der Waals surface area contributed by atoms with E-state index >= 15 is 0 Å². The maximum Gasteiger partial charge on any atom is 0.235 e. The second-order valence-electron chi connectivity index (χ2n) is 9.44. The highest BCUT2D eigenvalue weighted by Crippen LogP contribution is 2.48. The van der Waals surface area contributed by atoms with Crippen LogP contribution in [0.3, 0.4) is 0 Å². The lowest BCUT2D eigenvalue weighted by atomic mass is 9.62. The fraction of sp³-hybridized carbons (Fsp3) is 0.905. The van der Waals surface area contributed by atoms with Crippen LogP contribution in [0, 0.1) is 11.3 Å². The molecule has 25 heavy (non-hydrogen) atoms. The maximum absolute atomic E-state index is 13.4. The van der Waals surface area contributed by atoms with Gasteiger partial charge in [-0.2, -0.15) is 0 Å². The molecule has 4 nitrogen and oxygen atoms in total.